The number of ether oxygens (including phenoxy) is 1. The molecule has 2 aromatic carbocycles. The first-order valence-electron chi connectivity index (χ1n) is 13.2. The summed E-state index contributed by atoms with van der Waals surface area (Å²) < 4.78 is 33.9. The van der Waals surface area contributed by atoms with Gasteiger partial charge in [0.25, 0.3) is 0 Å². The molecule has 0 radical (unpaired) electrons. The van der Waals surface area contributed by atoms with Crippen molar-refractivity contribution in [3.8, 4) is 17.0 Å². The molecule has 0 spiro atoms. The fourth-order valence-electron chi connectivity index (χ4n) is 5.20. The molecule has 4 N–H and O–H groups in total. The van der Waals surface area contributed by atoms with Crippen LogP contribution < -0.4 is 26.0 Å². The molecule has 4 aromatic rings. The summed E-state index contributed by atoms with van der Waals surface area (Å²) in [6.07, 6.45) is 4.31. The number of aromatic nitrogens is 4. The lowest BCUT2D eigenvalue weighted by atomic mass is 9.86. The van der Waals surface area contributed by atoms with Gasteiger partial charge in [-0.05, 0) is 30.0 Å². The third-order valence-electron chi connectivity index (χ3n) is 7.40. The fraction of sp³-hybridized carbons (Fsp3) is 0.310. The quantitative estimate of drug-likeness (QED) is 0.259. The molecule has 1 aliphatic rings. The van der Waals surface area contributed by atoms with Gasteiger partial charge in [-0.25, -0.2) is 9.97 Å². The Hall–Kier alpha value is -4.58. The van der Waals surface area contributed by atoms with E-state index >= 15 is 0 Å². The highest BCUT2D eigenvalue weighted by atomic mass is 19.3. The van der Waals surface area contributed by atoms with Gasteiger partial charge < -0.3 is 26.0 Å². The van der Waals surface area contributed by atoms with Gasteiger partial charge in [0.2, 0.25) is 5.91 Å². The Morgan fingerprint density at radius 1 is 1.15 bits per heavy atom. The topological polar surface area (TPSA) is 123 Å². The number of nitrogens with one attached hydrogen (secondary N) is 2. The van der Waals surface area contributed by atoms with Crippen LogP contribution in [0.25, 0.3) is 22.2 Å². The first kappa shape index (κ1) is 28.0. The minimum absolute atomic E-state index is 0.000693. The van der Waals surface area contributed by atoms with Gasteiger partial charge in [0, 0.05) is 49.3 Å². The van der Waals surface area contributed by atoms with Gasteiger partial charge >= 0.3 is 6.61 Å². The molecule has 5 rings (SSSR count). The molecular formula is C29H32F2N8O2. The molecule has 1 saturated heterocycles. The smallest absolute Gasteiger partial charge is 0.387 e. The van der Waals surface area contributed by atoms with Gasteiger partial charge in [-0.1, -0.05) is 32.6 Å². The van der Waals surface area contributed by atoms with Crippen LogP contribution in [0.1, 0.15) is 13.8 Å². The van der Waals surface area contributed by atoms with Crippen molar-refractivity contribution >= 4 is 39.7 Å². The van der Waals surface area contributed by atoms with Crippen molar-refractivity contribution in [3.05, 3.63) is 61.6 Å². The second-order valence-corrected chi connectivity index (χ2v) is 10.3. The first-order chi connectivity index (χ1) is 19.6. The van der Waals surface area contributed by atoms with Gasteiger partial charge in [0.05, 0.1) is 34.5 Å². The van der Waals surface area contributed by atoms with E-state index in [2.05, 4.69) is 32.3 Å². The van der Waals surface area contributed by atoms with E-state index in [0.29, 0.717) is 36.0 Å². The molecular weight excluding hydrogens is 530 g/mol. The molecule has 0 saturated carbocycles. The maximum Gasteiger partial charge on any atom is 0.387 e. The Morgan fingerprint density at radius 2 is 1.90 bits per heavy atom. The fourth-order valence-corrected chi connectivity index (χ4v) is 5.20. The molecule has 3 atom stereocenters. The highest BCUT2D eigenvalue weighted by Crippen LogP contribution is 2.41. The Bertz CT molecular complexity index is 1580. The van der Waals surface area contributed by atoms with Crippen LogP contribution in [0.2, 0.25) is 0 Å². The van der Waals surface area contributed by atoms with E-state index in [4.69, 9.17) is 10.5 Å². The van der Waals surface area contributed by atoms with E-state index in [1.165, 1.54) is 12.4 Å². The van der Waals surface area contributed by atoms with E-state index in [1.54, 1.807) is 23.0 Å². The molecule has 0 aliphatic carbocycles. The lowest BCUT2D eigenvalue weighted by Crippen LogP contribution is -2.51. The SMILES string of the molecule is C=CC(=O)Nc1cc(Nc2cc(-c3ccc4cnn(C)c4c3)ncn2)c(OC(F)F)cc1N1C[C@@H](C)C(N)[C@@H](C)C1. The molecule has 3 heterocycles. The number of anilines is 4. The number of hydrogen-bond donors (Lipinski definition) is 3. The van der Waals surface area contributed by atoms with Crippen LogP contribution in [-0.2, 0) is 11.8 Å². The number of aryl methyl sites for hydroxylation is 1. The molecule has 2 aromatic heterocycles. The van der Waals surface area contributed by atoms with Crippen LogP contribution in [0, 0.1) is 11.8 Å². The number of halogens is 2. The summed E-state index contributed by atoms with van der Waals surface area (Å²) >= 11 is 0. The maximum atomic E-state index is 13.6. The van der Waals surface area contributed by atoms with Crippen LogP contribution in [0.4, 0.5) is 31.7 Å². The highest BCUT2D eigenvalue weighted by Gasteiger charge is 2.31. The number of nitrogens with two attached hydrogens (primary N) is 1. The molecule has 41 heavy (non-hydrogen) atoms. The Labute approximate surface area is 236 Å². The van der Waals surface area contributed by atoms with Crippen molar-refractivity contribution in [3.63, 3.8) is 0 Å². The highest BCUT2D eigenvalue weighted by molar-refractivity contribution is 6.02. The number of piperidine rings is 1. The van der Waals surface area contributed by atoms with Crippen molar-refractivity contribution in [1.82, 2.24) is 19.7 Å². The maximum absolute atomic E-state index is 13.6. The molecule has 1 unspecified atom stereocenters. The lowest BCUT2D eigenvalue weighted by Gasteiger charge is -2.41. The van der Waals surface area contributed by atoms with E-state index < -0.39 is 12.5 Å². The third-order valence-corrected chi connectivity index (χ3v) is 7.40. The summed E-state index contributed by atoms with van der Waals surface area (Å²) in [5.41, 5.74) is 9.85. The zero-order valence-electron chi connectivity index (χ0n) is 23.0. The van der Waals surface area contributed by atoms with Gasteiger partial charge in [0.15, 0.2) is 5.75 Å². The molecule has 214 valence electrons. The summed E-state index contributed by atoms with van der Waals surface area (Å²) in [4.78, 5) is 23.1. The molecule has 0 bridgehead atoms. The van der Waals surface area contributed by atoms with E-state index in [0.717, 1.165) is 22.5 Å². The van der Waals surface area contributed by atoms with Gasteiger partial charge in [-0.2, -0.15) is 13.9 Å². The van der Waals surface area contributed by atoms with E-state index in [-0.39, 0.29) is 29.3 Å². The number of carbonyl (C=O) groups is 1. The minimum Gasteiger partial charge on any atom is -0.433 e. The average molecular weight is 563 g/mol. The predicted molar refractivity (Wildman–Crippen MR) is 155 cm³/mol. The van der Waals surface area contributed by atoms with Gasteiger partial charge in [-0.15, -0.1) is 0 Å². The second-order valence-electron chi connectivity index (χ2n) is 10.3. The summed E-state index contributed by atoms with van der Waals surface area (Å²) in [6.45, 7) is 5.71. The normalized spacial score (nSPS) is 18.9. The Kier molecular flexibility index (Phi) is 7.84. The van der Waals surface area contributed by atoms with E-state index in [1.807, 2.05) is 44.0 Å². The zero-order chi connectivity index (χ0) is 29.3. The van der Waals surface area contributed by atoms with E-state index in [9.17, 15) is 13.6 Å². The molecule has 10 nitrogen and oxygen atoms in total. The largest absolute Gasteiger partial charge is 0.433 e. The number of carbonyl (C=O) groups excluding carboxylic acids is 1. The van der Waals surface area contributed by atoms with Gasteiger partial charge in [0.1, 0.15) is 12.1 Å². The van der Waals surface area contributed by atoms with Crippen LogP contribution in [0.15, 0.2) is 61.6 Å². The number of rotatable bonds is 8. The third kappa shape index (κ3) is 5.97. The minimum atomic E-state index is -3.07. The monoisotopic (exact) mass is 562 g/mol. The number of hydrogen-bond acceptors (Lipinski definition) is 8. The number of nitrogens with zero attached hydrogens (tertiary/aromatic N) is 5. The van der Waals surface area contributed by atoms with Crippen molar-refractivity contribution in [2.24, 2.45) is 24.6 Å². The summed E-state index contributed by atoms with van der Waals surface area (Å²) in [6, 6.07) is 10.6. The average Bonchev–Trinajstić information content (AvgIpc) is 3.32. The molecule has 1 fully saturated rings. The second kappa shape index (κ2) is 11.5. The predicted octanol–water partition coefficient (Wildman–Crippen LogP) is 4.92. The molecule has 1 amide bonds. The Balaban J connectivity index is 1.54. The van der Waals surface area contributed by atoms with Crippen molar-refractivity contribution < 1.29 is 18.3 Å². The lowest BCUT2D eigenvalue weighted by molar-refractivity contribution is -0.111. The van der Waals surface area contributed by atoms with Crippen molar-refractivity contribution in [1.29, 1.82) is 0 Å². The van der Waals surface area contributed by atoms with Crippen molar-refractivity contribution in [2.45, 2.75) is 26.5 Å². The number of alkyl halides is 2. The van der Waals surface area contributed by atoms with Crippen LogP contribution in [0.5, 0.6) is 5.75 Å². The van der Waals surface area contributed by atoms with Gasteiger partial charge in [-0.3, -0.25) is 9.48 Å². The van der Waals surface area contributed by atoms with Crippen LogP contribution in [0.3, 0.4) is 0 Å². The van der Waals surface area contributed by atoms with Crippen molar-refractivity contribution in [2.75, 3.05) is 28.6 Å². The number of amides is 1. The zero-order valence-corrected chi connectivity index (χ0v) is 23.0. The summed E-state index contributed by atoms with van der Waals surface area (Å²) in [7, 11) is 1.86. The number of benzene rings is 2. The summed E-state index contributed by atoms with van der Waals surface area (Å²) in [5.74, 6) is 0.0924. The standard InChI is InChI=1S/C29H32F2N8O2/c1-5-27(40)37-21-9-22(25(41-29(30)31)11-24(21)39-13-16(2)28(32)17(3)14-39)36-26-10-20(33-15-34-26)18-6-7-19-12-35-38(4)23(19)8-18/h5-12,15-17,28-29H,1,13-14,32H2,2-4H3,(H,37,40)(H,33,34,36)/t16-,17+,28?. The number of fused-ring (bicyclic) bond motifs is 1. The Morgan fingerprint density at radius 3 is 2.61 bits per heavy atom. The summed E-state index contributed by atoms with van der Waals surface area (Å²) in [5, 5.41) is 11.2. The van der Waals surface area contributed by atoms with Crippen LogP contribution >= 0.6 is 0 Å². The molecule has 1 aliphatic heterocycles. The van der Waals surface area contributed by atoms with Crippen LogP contribution in [-0.4, -0.2) is 51.4 Å². The molecule has 12 heteroatoms. The first-order valence-corrected chi connectivity index (χ1v) is 13.2.